The first-order valence-electron chi connectivity index (χ1n) is 7.49. The van der Waals surface area contributed by atoms with Gasteiger partial charge < -0.3 is 10.4 Å². The molecule has 0 spiro atoms. The molecule has 0 radical (unpaired) electrons. The molecule has 1 aliphatic heterocycles. The summed E-state index contributed by atoms with van der Waals surface area (Å²) in [5, 5.41) is 15.5. The van der Waals surface area contributed by atoms with Gasteiger partial charge in [-0.15, -0.1) is 0 Å². The van der Waals surface area contributed by atoms with Crippen molar-refractivity contribution in [3.63, 3.8) is 0 Å². The molecule has 20 heavy (non-hydrogen) atoms. The number of para-hydroxylation sites is 1. The van der Waals surface area contributed by atoms with Gasteiger partial charge in [-0.2, -0.15) is 0 Å². The van der Waals surface area contributed by atoms with E-state index in [4.69, 9.17) is 4.98 Å². The van der Waals surface area contributed by atoms with Gasteiger partial charge in [0, 0.05) is 30.0 Å². The molecule has 1 aromatic carbocycles. The van der Waals surface area contributed by atoms with Crippen LogP contribution in [0.5, 0.6) is 0 Å². The summed E-state index contributed by atoms with van der Waals surface area (Å²) < 4.78 is 0. The van der Waals surface area contributed by atoms with Crippen molar-refractivity contribution in [3.05, 3.63) is 42.1 Å². The Balaban J connectivity index is 1.87. The number of hydrogen-bond donors (Lipinski definition) is 2. The first kappa shape index (κ1) is 13.5. The van der Waals surface area contributed by atoms with E-state index in [1.165, 1.54) is 0 Å². The van der Waals surface area contributed by atoms with Crippen LogP contribution >= 0.6 is 0 Å². The summed E-state index contributed by atoms with van der Waals surface area (Å²) in [6.07, 6.45) is 2.45. The average molecular weight is 270 g/mol. The average Bonchev–Trinajstić information content (AvgIpc) is 2.47. The molecule has 1 saturated heterocycles. The number of aliphatic hydroxyl groups is 1. The van der Waals surface area contributed by atoms with Crippen LogP contribution in [0.25, 0.3) is 10.9 Å². The fourth-order valence-electron chi connectivity index (χ4n) is 3.25. The van der Waals surface area contributed by atoms with Gasteiger partial charge in [-0.1, -0.05) is 31.2 Å². The highest BCUT2D eigenvalue weighted by Crippen LogP contribution is 2.30. The minimum Gasteiger partial charge on any atom is -0.389 e. The molecule has 0 saturated carbocycles. The molecule has 3 rings (SSSR count). The highest BCUT2D eigenvalue weighted by atomic mass is 16.3. The summed E-state index contributed by atoms with van der Waals surface area (Å²) in [5.74, 6) is 0.310. The minimum absolute atomic E-state index is 0.310. The molecule has 1 aliphatic rings. The molecule has 1 fully saturated rings. The molecule has 2 heterocycles. The van der Waals surface area contributed by atoms with Gasteiger partial charge in [-0.05, 0) is 31.5 Å². The third-order valence-electron chi connectivity index (χ3n) is 4.52. The minimum atomic E-state index is -0.616. The molecule has 2 atom stereocenters. The van der Waals surface area contributed by atoms with Crippen molar-refractivity contribution in [2.75, 3.05) is 13.1 Å². The number of hydrogen-bond acceptors (Lipinski definition) is 3. The Labute approximate surface area is 120 Å². The molecule has 2 N–H and O–H groups in total. The van der Waals surface area contributed by atoms with Gasteiger partial charge in [0.2, 0.25) is 0 Å². The molecular weight excluding hydrogens is 248 g/mol. The molecule has 2 unspecified atom stereocenters. The number of pyridine rings is 1. The third kappa shape index (κ3) is 2.56. The predicted octanol–water partition coefficient (Wildman–Crippen LogP) is 2.53. The quantitative estimate of drug-likeness (QED) is 0.901. The Morgan fingerprint density at radius 2 is 2.15 bits per heavy atom. The number of nitrogens with one attached hydrogen (secondary N) is 1. The van der Waals surface area contributed by atoms with Crippen molar-refractivity contribution in [3.8, 4) is 0 Å². The molecule has 1 aromatic heterocycles. The highest BCUT2D eigenvalue weighted by Gasteiger charge is 2.38. The number of aromatic nitrogens is 1. The lowest BCUT2D eigenvalue weighted by molar-refractivity contribution is -0.0420. The van der Waals surface area contributed by atoms with Gasteiger partial charge >= 0.3 is 0 Å². The van der Waals surface area contributed by atoms with Gasteiger partial charge in [0.05, 0.1) is 11.1 Å². The van der Waals surface area contributed by atoms with Gasteiger partial charge in [0.1, 0.15) is 0 Å². The van der Waals surface area contributed by atoms with Crippen molar-refractivity contribution in [1.82, 2.24) is 10.3 Å². The summed E-state index contributed by atoms with van der Waals surface area (Å²) >= 11 is 0. The number of nitrogens with zero attached hydrogens (tertiary/aromatic N) is 1. The van der Waals surface area contributed by atoms with Gasteiger partial charge in [-0.25, -0.2) is 0 Å². The standard InChI is InChI=1S/C17H22N2O/c1-2-14-12-18-10-9-17(14,20)11-15-8-7-13-5-3-4-6-16(13)19-15/h3-8,14,18,20H,2,9-12H2,1H3. The van der Waals surface area contributed by atoms with Crippen LogP contribution in [0.3, 0.4) is 0 Å². The topological polar surface area (TPSA) is 45.1 Å². The maximum atomic E-state index is 11.0. The van der Waals surface area contributed by atoms with Crippen LogP contribution in [0, 0.1) is 5.92 Å². The van der Waals surface area contributed by atoms with E-state index in [9.17, 15) is 5.11 Å². The van der Waals surface area contributed by atoms with Crippen LogP contribution in [0.1, 0.15) is 25.5 Å². The van der Waals surface area contributed by atoms with E-state index in [1.807, 2.05) is 18.2 Å². The lowest BCUT2D eigenvalue weighted by Gasteiger charge is -2.40. The summed E-state index contributed by atoms with van der Waals surface area (Å²) in [6.45, 7) is 3.94. The smallest absolute Gasteiger partial charge is 0.0755 e. The molecule has 3 nitrogen and oxygen atoms in total. The van der Waals surface area contributed by atoms with E-state index < -0.39 is 5.60 Å². The summed E-state index contributed by atoms with van der Waals surface area (Å²) in [4.78, 5) is 4.70. The lowest BCUT2D eigenvalue weighted by atomic mass is 9.77. The molecule has 3 heteroatoms. The van der Waals surface area contributed by atoms with Crippen molar-refractivity contribution >= 4 is 10.9 Å². The second kappa shape index (κ2) is 5.51. The Morgan fingerprint density at radius 1 is 1.30 bits per heavy atom. The zero-order valence-electron chi connectivity index (χ0n) is 12.0. The monoisotopic (exact) mass is 270 g/mol. The van der Waals surface area contributed by atoms with Gasteiger partial charge in [0.25, 0.3) is 0 Å². The van der Waals surface area contributed by atoms with E-state index >= 15 is 0 Å². The van der Waals surface area contributed by atoms with Crippen LogP contribution in [0.15, 0.2) is 36.4 Å². The van der Waals surface area contributed by atoms with Gasteiger partial charge in [0.15, 0.2) is 0 Å². The first-order valence-corrected chi connectivity index (χ1v) is 7.49. The Hall–Kier alpha value is -1.45. The van der Waals surface area contributed by atoms with Crippen LogP contribution in [-0.2, 0) is 6.42 Å². The summed E-state index contributed by atoms with van der Waals surface area (Å²) in [5.41, 5.74) is 1.39. The van der Waals surface area contributed by atoms with Crippen molar-refractivity contribution in [1.29, 1.82) is 0 Å². The van der Waals surface area contributed by atoms with E-state index in [0.717, 1.165) is 42.5 Å². The highest BCUT2D eigenvalue weighted by molar-refractivity contribution is 5.78. The second-order valence-corrected chi connectivity index (χ2v) is 5.83. The maximum Gasteiger partial charge on any atom is 0.0755 e. The lowest BCUT2D eigenvalue weighted by Crippen LogP contribution is -2.51. The second-order valence-electron chi connectivity index (χ2n) is 5.83. The van der Waals surface area contributed by atoms with E-state index in [1.54, 1.807) is 0 Å². The molecular formula is C17H22N2O. The maximum absolute atomic E-state index is 11.0. The number of piperidine rings is 1. The number of benzene rings is 1. The van der Waals surface area contributed by atoms with Crippen molar-refractivity contribution in [2.45, 2.75) is 31.8 Å². The third-order valence-corrected chi connectivity index (χ3v) is 4.52. The van der Waals surface area contributed by atoms with Gasteiger partial charge in [-0.3, -0.25) is 4.98 Å². The Bertz CT molecular complexity index is 598. The van der Waals surface area contributed by atoms with Crippen LogP contribution in [-0.4, -0.2) is 28.8 Å². The largest absolute Gasteiger partial charge is 0.389 e. The zero-order valence-corrected chi connectivity index (χ0v) is 12.0. The fourth-order valence-corrected chi connectivity index (χ4v) is 3.25. The van der Waals surface area contributed by atoms with Crippen LogP contribution in [0.2, 0.25) is 0 Å². The van der Waals surface area contributed by atoms with E-state index in [0.29, 0.717) is 12.3 Å². The van der Waals surface area contributed by atoms with Crippen LogP contribution in [0.4, 0.5) is 0 Å². The molecule has 0 bridgehead atoms. The molecule has 0 aliphatic carbocycles. The first-order chi connectivity index (χ1) is 9.71. The number of fused-ring (bicyclic) bond motifs is 1. The SMILES string of the molecule is CCC1CNCCC1(O)Cc1ccc2ccccc2n1. The Kier molecular flexibility index (Phi) is 3.72. The summed E-state index contributed by atoms with van der Waals surface area (Å²) in [7, 11) is 0. The zero-order chi connectivity index (χ0) is 14.0. The number of rotatable bonds is 3. The van der Waals surface area contributed by atoms with E-state index in [-0.39, 0.29) is 0 Å². The summed E-state index contributed by atoms with van der Waals surface area (Å²) in [6, 6.07) is 12.3. The normalized spacial score (nSPS) is 26.8. The Morgan fingerprint density at radius 3 is 3.00 bits per heavy atom. The van der Waals surface area contributed by atoms with Crippen LogP contribution < -0.4 is 5.32 Å². The molecule has 0 amide bonds. The van der Waals surface area contributed by atoms with Crippen molar-refractivity contribution in [2.24, 2.45) is 5.92 Å². The van der Waals surface area contributed by atoms with Crippen molar-refractivity contribution < 1.29 is 5.11 Å². The predicted molar refractivity (Wildman–Crippen MR) is 81.7 cm³/mol. The fraction of sp³-hybridized carbons (Fsp3) is 0.471. The molecule has 106 valence electrons. The molecule has 2 aromatic rings. The van der Waals surface area contributed by atoms with E-state index in [2.05, 4.69) is 30.4 Å².